The number of halogens is 2. The van der Waals surface area contributed by atoms with Crippen LogP contribution in [-0.2, 0) is 13.1 Å². The molecule has 0 nitrogen and oxygen atoms in total. The molecule has 0 rings (SSSR count). The first-order valence-corrected chi connectivity index (χ1v) is 2.82. The predicted octanol–water partition coefficient (Wildman–Crippen LogP) is 0.996. The molecule has 0 unspecified atom stereocenters. The summed E-state index contributed by atoms with van der Waals surface area (Å²) in [4.78, 5) is 0. The number of rotatable bonds is 0. The van der Waals surface area contributed by atoms with Gasteiger partial charge in [-0.2, -0.15) is 0 Å². The summed E-state index contributed by atoms with van der Waals surface area (Å²) in [6, 6.07) is 0. The first-order valence-electron chi connectivity index (χ1n) is 0.228. The maximum Gasteiger partial charge on any atom is 0 e. The number of hydrogen-bond acceptors (Lipinski definition) is 0. The molecule has 0 saturated carbocycles. The van der Waals surface area contributed by atoms with Gasteiger partial charge >= 0.3 is 33.3 Å². The molecule has 0 aliphatic heterocycles. The molecule has 0 saturated heterocycles. The van der Waals surface area contributed by atoms with Gasteiger partial charge in [0, 0.05) is 23.9 Å². The monoisotopic (exact) mass is 253 g/mol. The zero-order valence-corrected chi connectivity index (χ0v) is 6.87. The SMILES string of the molecule is [Cl][Cu][Cl].[Sn]. The van der Waals surface area contributed by atoms with Crippen LogP contribution in [0.5, 0.6) is 0 Å². The Bertz CT molecular complexity index is 6.00. The molecule has 0 heterocycles. The summed E-state index contributed by atoms with van der Waals surface area (Å²) in [5, 5.41) is 0. The molecule has 0 spiro atoms. The van der Waals surface area contributed by atoms with Gasteiger partial charge in [0.1, 0.15) is 0 Å². The van der Waals surface area contributed by atoms with Crippen LogP contribution in [0, 0.1) is 0 Å². The molecule has 0 fully saturated rings. The molecule has 29 valence electrons. The first kappa shape index (κ1) is 9.31. The molecule has 4 radical (unpaired) electrons. The van der Waals surface area contributed by atoms with E-state index in [1.165, 1.54) is 0 Å². The van der Waals surface area contributed by atoms with Crippen molar-refractivity contribution in [3.63, 3.8) is 0 Å². The van der Waals surface area contributed by atoms with Crippen molar-refractivity contribution < 1.29 is 13.1 Å². The van der Waals surface area contributed by atoms with Gasteiger partial charge in [-0.15, -0.1) is 0 Å². The summed E-state index contributed by atoms with van der Waals surface area (Å²) < 4.78 is 0. The Morgan fingerprint density at radius 3 is 1.25 bits per heavy atom. The maximum atomic E-state index is 4.67. The standard InChI is InChI=1S/2ClH.Cu.Sn/h2*1H;;/q;;+2;/p-2. The van der Waals surface area contributed by atoms with Gasteiger partial charge in [0.05, 0.1) is 0 Å². The van der Waals surface area contributed by atoms with Gasteiger partial charge in [0.2, 0.25) is 0 Å². The fourth-order valence-corrected chi connectivity index (χ4v) is 0. The van der Waals surface area contributed by atoms with Gasteiger partial charge in [0.25, 0.3) is 0 Å². The van der Waals surface area contributed by atoms with Crippen molar-refractivity contribution in [2.24, 2.45) is 0 Å². The van der Waals surface area contributed by atoms with Crippen molar-refractivity contribution in [2.45, 2.75) is 0 Å². The minimum atomic E-state index is 0. The minimum absolute atomic E-state index is 0. The molecular weight excluding hydrogens is 253 g/mol. The van der Waals surface area contributed by atoms with E-state index in [9.17, 15) is 0 Å². The molecule has 0 aromatic carbocycles. The summed E-state index contributed by atoms with van der Waals surface area (Å²) >= 11 is 0.757. The second-order valence-electron chi connectivity index (χ2n) is 0.0431. The van der Waals surface area contributed by atoms with E-state index in [0.717, 1.165) is 13.1 Å². The van der Waals surface area contributed by atoms with Crippen LogP contribution in [-0.4, -0.2) is 23.9 Å². The molecule has 0 amide bonds. The number of hydrogen-bond donors (Lipinski definition) is 0. The molecule has 0 aliphatic carbocycles. The van der Waals surface area contributed by atoms with Crippen LogP contribution < -0.4 is 0 Å². The average Bonchev–Trinajstić information content (AvgIpc) is 0.918. The Morgan fingerprint density at radius 2 is 1.25 bits per heavy atom. The third-order valence-electron chi connectivity index (χ3n) is 0. The zero-order chi connectivity index (χ0) is 2.71. The average molecular weight is 253 g/mol. The first-order chi connectivity index (χ1) is 1.41. The van der Waals surface area contributed by atoms with Gasteiger partial charge in [-0.1, -0.05) is 0 Å². The van der Waals surface area contributed by atoms with Gasteiger partial charge in [-0.3, -0.25) is 0 Å². The molecule has 0 aliphatic rings. The van der Waals surface area contributed by atoms with Gasteiger partial charge in [-0.05, 0) is 0 Å². The molecule has 0 aromatic rings. The Morgan fingerprint density at radius 1 is 1.25 bits per heavy atom. The van der Waals surface area contributed by atoms with E-state index >= 15 is 0 Å². The van der Waals surface area contributed by atoms with Crippen molar-refractivity contribution in [1.82, 2.24) is 0 Å². The van der Waals surface area contributed by atoms with Crippen LogP contribution in [0.2, 0.25) is 0 Å². The molecule has 0 bridgehead atoms. The van der Waals surface area contributed by atoms with Gasteiger partial charge in [-0.25, -0.2) is 0 Å². The van der Waals surface area contributed by atoms with Crippen LogP contribution in [0.3, 0.4) is 0 Å². The van der Waals surface area contributed by atoms with Crippen LogP contribution in [0.1, 0.15) is 0 Å². The van der Waals surface area contributed by atoms with E-state index in [0.29, 0.717) is 0 Å². The van der Waals surface area contributed by atoms with Crippen LogP contribution in [0.4, 0.5) is 0 Å². The van der Waals surface area contributed by atoms with E-state index in [-0.39, 0.29) is 23.9 Å². The van der Waals surface area contributed by atoms with E-state index in [1.54, 1.807) is 0 Å². The molecular formula is Cl2CuSn. The van der Waals surface area contributed by atoms with Crippen molar-refractivity contribution in [2.75, 3.05) is 0 Å². The Kier molecular flexibility index (Phi) is 20.6. The Labute approximate surface area is 56.8 Å². The third-order valence-corrected chi connectivity index (χ3v) is 0. The van der Waals surface area contributed by atoms with Crippen LogP contribution >= 0.6 is 20.2 Å². The summed E-state index contributed by atoms with van der Waals surface area (Å²) in [6.07, 6.45) is 0. The summed E-state index contributed by atoms with van der Waals surface area (Å²) in [5.74, 6) is 0. The normalized spacial score (nSPS) is 5.50. The fourth-order valence-electron chi connectivity index (χ4n) is 0. The van der Waals surface area contributed by atoms with E-state index in [2.05, 4.69) is 20.2 Å². The maximum absolute atomic E-state index is 4.67. The van der Waals surface area contributed by atoms with Crippen molar-refractivity contribution in [3.8, 4) is 0 Å². The van der Waals surface area contributed by atoms with E-state index in [4.69, 9.17) is 0 Å². The summed E-state index contributed by atoms with van der Waals surface area (Å²) in [7, 11) is 9.34. The topological polar surface area (TPSA) is 0 Å². The zero-order valence-electron chi connectivity index (χ0n) is 1.56. The third kappa shape index (κ3) is 9.09. The smallest absolute Gasteiger partial charge is 0 e. The van der Waals surface area contributed by atoms with Gasteiger partial charge < -0.3 is 0 Å². The van der Waals surface area contributed by atoms with Gasteiger partial charge in [0.15, 0.2) is 0 Å². The second kappa shape index (κ2) is 8.86. The fraction of sp³-hybridized carbons (Fsp3) is 0. The predicted molar refractivity (Wildman–Crippen MR) is 17.5 cm³/mol. The largest absolute Gasteiger partial charge is 0 e. The Hall–Kier alpha value is 1.90. The van der Waals surface area contributed by atoms with Crippen LogP contribution in [0.25, 0.3) is 0 Å². The molecule has 0 N–H and O–H groups in total. The minimum Gasteiger partial charge on any atom is 0 e. The molecule has 4 heavy (non-hydrogen) atoms. The van der Waals surface area contributed by atoms with Crippen molar-refractivity contribution >= 4 is 44.1 Å². The van der Waals surface area contributed by atoms with Crippen molar-refractivity contribution in [1.29, 1.82) is 0 Å². The quantitative estimate of drug-likeness (QED) is 0.565. The second-order valence-corrected chi connectivity index (χ2v) is 1.60. The molecule has 0 atom stereocenters. The summed E-state index contributed by atoms with van der Waals surface area (Å²) in [5.41, 5.74) is 0. The van der Waals surface area contributed by atoms with Crippen LogP contribution in [0.15, 0.2) is 0 Å². The summed E-state index contributed by atoms with van der Waals surface area (Å²) in [6.45, 7) is 0. The molecule has 0 aromatic heterocycles. The van der Waals surface area contributed by atoms with E-state index < -0.39 is 0 Å². The van der Waals surface area contributed by atoms with Crippen molar-refractivity contribution in [3.05, 3.63) is 0 Å². The van der Waals surface area contributed by atoms with E-state index in [1.807, 2.05) is 0 Å². The Balaban J connectivity index is 0. The molecule has 4 heteroatoms.